The Labute approximate surface area is 195 Å². The number of hydrogen-bond donors (Lipinski definition) is 0. The third kappa shape index (κ3) is 3.95. The van der Waals surface area contributed by atoms with Gasteiger partial charge in [0.2, 0.25) is 5.78 Å². The van der Waals surface area contributed by atoms with Crippen molar-refractivity contribution in [1.82, 2.24) is 0 Å². The van der Waals surface area contributed by atoms with Gasteiger partial charge in [0.15, 0.2) is 12.6 Å². The normalized spacial score (nSPS) is 15.7. The van der Waals surface area contributed by atoms with Crippen molar-refractivity contribution < 1.29 is 23.7 Å². The minimum Gasteiger partial charge on any atom is -0.489 e. The fourth-order valence-electron chi connectivity index (χ4n) is 3.82. The summed E-state index contributed by atoms with van der Waals surface area (Å²) in [7, 11) is 0. The Morgan fingerprint density at radius 2 is 1.97 bits per heavy atom. The molecule has 0 amide bonds. The minimum atomic E-state index is -0.179. The molecule has 7 heteroatoms. The van der Waals surface area contributed by atoms with E-state index in [9.17, 15) is 4.79 Å². The van der Waals surface area contributed by atoms with Gasteiger partial charge in [-0.1, -0.05) is 41.4 Å². The van der Waals surface area contributed by atoms with Crippen molar-refractivity contribution >= 4 is 35.1 Å². The molecule has 5 nitrogen and oxygen atoms in total. The van der Waals surface area contributed by atoms with Gasteiger partial charge in [0.25, 0.3) is 0 Å². The molecule has 0 atom stereocenters. The number of carbonyl (C=O) groups is 1. The topological polar surface area (TPSA) is 54.0 Å². The molecular formula is C25H18Cl2O5. The molecule has 2 aliphatic heterocycles. The smallest absolute Gasteiger partial charge is 0.232 e. The maximum absolute atomic E-state index is 12.9. The molecule has 32 heavy (non-hydrogen) atoms. The number of halogens is 2. The molecule has 0 saturated heterocycles. The van der Waals surface area contributed by atoms with Gasteiger partial charge in [-0.3, -0.25) is 4.79 Å². The quantitative estimate of drug-likeness (QED) is 0.416. The predicted octanol–water partition coefficient (Wildman–Crippen LogP) is 6.36. The lowest BCUT2D eigenvalue weighted by Gasteiger charge is -2.21. The number of ether oxygens (including phenoxy) is 4. The van der Waals surface area contributed by atoms with Crippen molar-refractivity contribution in [1.29, 1.82) is 0 Å². The van der Waals surface area contributed by atoms with Crippen LogP contribution in [0.25, 0.3) is 6.08 Å². The van der Waals surface area contributed by atoms with Gasteiger partial charge in [0, 0.05) is 27.2 Å². The van der Waals surface area contributed by atoms with E-state index in [1.54, 1.807) is 18.2 Å². The highest BCUT2D eigenvalue weighted by atomic mass is 35.5. The van der Waals surface area contributed by atoms with E-state index in [0.29, 0.717) is 39.3 Å². The Kier molecular flexibility index (Phi) is 5.55. The van der Waals surface area contributed by atoms with Crippen LogP contribution in [-0.4, -0.2) is 12.6 Å². The molecule has 0 N–H and O–H groups in total. The maximum atomic E-state index is 12.9. The van der Waals surface area contributed by atoms with Gasteiger partial charge in [-0.2, -0.15) is 0 Å². The molecule has 5 rings (SSSR count). The van der Waals surface area contributed by atoms with Gasteiger partial charge in [0.05, 0.1) is 12.2 Å². The van der Waals surface area contributed by atoms with E-state index in [1.807, 2.05) is 43.3 Å². The lowest BCUT2D eigenvalue weighted by atomic mass is 10.0. The van der Waals surface area contributed by atoms with Crippen LogP contribution < -0.4 is 14.2 Å². The third-order valence-electron chi connectivity index (χ3n) is 5.28. The standard InChI is InChI=1S/C25H18Cl2O5/c1-14-6-19(30-12-17-8-18(26)7-16-11-29-13-31-25(16)17)10-21-23(14)24(28)22(32-21)9-15-4-2-3-5-20(15)27/h2-10H,11-13H2,1H3/b22-9-. The number of hydrogen-bond acceptors (Lipinski definition) is 5. The summed E-state index contributed by atoms with van der Waals surface area (Å²) in [6.07, 6.45) is 1.66. The van der Waals surface area contributed by atoms with Gasteiger partial charge in [0.1, 0.15) is 23.9 Å². The van der Waals surface area contributed by atoms with Gasteiger partial charge in [-0.15, -0.1) is 0 Å². The average Bonchev–Trinajstić information content (AvgIpc) is 3.09. The SMILES string of the molecule is Cc1cc(OCc2cc(Cl)cc3c2OCOC3)cc2c1C(=O)/C(=C/c1ccccc1Cl)O2. The number of fused-ring (bicyclic) bond motifs is 2. The summed E-state index contributed by atoms with van der Waals surface area (Å²) in [5.74, 6) is 1.82. The van der Waals surface area contributed by atoms with Gasteiger partial charge >= 0.3 is 0 Å². The largest absolute Gasteiger partial charge is 0.489 e. The molecule has 3 aromatic rings. The van der Waals surface area contributed by atoms with Crippen molar-refractivity contribution in [3.05, 3.63) is 92.2 Å². The number of ketones is 1. The summed E-state index contributed by atoms with van der Waals surface area (Å²) < 4.78 is 22.9. The number of benzene rings is 3. The molecule has 0 aliphatic carbocycles. The van der Waals surface area contributed by atoms with E-state index in [-0.39, 0.29) is 24.9 Å². The monoisotopic (exact) mass is 468 g/mol. The van der Waals surface area contributed by atoms with Crippen LogP contribution in [0.3, 0.4) is 0 Å². The molecule has 2 aliphatic rings. The highest BCUT2D eigenvalue weighted by Gasteiger charge is 2.30. The van der Waals surface area contributed by atoms with Crippen LogP contribution in [0, 0.1) is 6.92 Å². The second-order valence-electron chi connectivity index (χ2n) is 7.53. The molecule has 0 radical (unpaired) electrons. The molecule has 3 aromatic carbocycles. The van der Waals surface area contributed by atoms with E-state index < -0.39 is 0 Å². The van der Waals surface area contributed by atoms with Gasteiger partial charge < -0.3 is 18.9 Å². The van der Waals surface area contributed by atoms with Crippen LogP contribution in [0.1, 0.15) is 32.6 Å². The lowest BCUT2D eigenvalue weighted by Crippen LogP contribution is -2.14. The van der Waals surface area contributed by atoms with Crippen molar-refractivity contribution in [3.8, 4) is 17.2 Å². The molecule has 0 fully saturated rings. The number of rotatable bonds is 4. The Morgan fingerprint density at radius 3 is 2.81 bits per heavy atom. The number of allylic oxidation sites excluding steroid dienone is 1. The van der Waals surface area contributed by atoms with Crippen LogP contribution in [0.2, 0.25) is 10.0 Å². The first-order chi connectivity index (χ1) is 15.5. The summed E-state index contributed by atoms with van der Waals surface area (Å²) in [5.41, 5.74) is 3.72. The van der Waals surface area contributed by atoms with E-state index in [1.165, 1.54) is 0 Å². The Balaban J connectivity index is 1.40. The second-order valence-corrected chi connectivity index (χ2v) is 8.37. The molecule has 0 bridgehead atoms. The highest BCUT2D eigenvalue weighted by Crippen LogP contribution is 2.39. The summed E-state index contributed by atoms with van der Waals surface area (Å²) in [4.78, 5) is 12.9. The molecule has 0 saturated carbocycles. The zero-order valence-corrected chi connectivity index (χ0v) is 18.6. The average molecular weight is 469 g/mol. The highest BCUT2D eigenvalue weighted by molar-refractivity contribution is 6.32. The van der Waals surface area contributed by atoms with Crippen LogP contribution in [0.15, 0.2) is 54.3 Å². The molecule has 0 aromatic heterocycles. The fraction of sp³-hybridized carbons (Fsp3) is 0.160. The zero-order valence-electron chi connectivity index (χ0n) is 17.1. The minimum absolute atomic E-state index is 0.179. The summed E-state index contributed by atoms with van der Waals surface area (Å²) in [5, 5.41) is 1.13. The number of aryl methyl sites for hydroxylation is 1. The molecule has 0 unspecified atom stereocenters. The van der Waals surface area contributed by atoms with E-state index in [4.69, 9.17) is 42.1 Å². The molecule has 162 valence electrons. The number of Topliss-reactive ketones (excluding diaryl/α,β-unsaturated/α-hetero) is 1. The van der Waals surface area contributed by atoms with Crippen LogP contribution in [0.5, 0.6) is 17.2 Å². The van der Waals surface area contributed by atoms with Gasteiger partial charge in [-0.25, -0.2) is 0 Å². The zero-order chi connectivity index (χ0) is 22.2. The molecule has 2 heterocycles. The van der Waals surface area contributed by atoms with Crippen molar-refractivity contribution in [2.24, 2.45) is 0 Å². The third-order valence-corrected chi connectivity index (χ3v) is 5.84. The Hall–Kier alpha value is -2.99. The molecular weight excluding hydrogens is 451 g/mol. The maximum Gasteiger partial charge on any atom is 0.232 e. The first-order valence-corrected chi connectivity index (χ1v) is 10.7. The van der Waals surface area contributed by atoms with Gasteiger partial charge in [-0.05, 0) is 48.4 Å². The fourth-order valence-corrected chi connectivity index (χ4v) is 4.27. The summed E-state index contributed by atoms with van der Waals surface area (Å²) >= 11 is 12.5. The van der Waals surface area contributed by atoms with Crippen LogP contribution in [-0.2, 0) is 18.0 Å². The summed E-state index contributed by atoms with van der Waals surface area (Å²) in [6, 6.07) is 14.5. The van der Waals surface area contributed by atoms with Crippen molar-refractivity contribution in [2.45, 2.75) is 20.1 Å². The second kappa shape index (κ2) is 8.51. The summed E-state index contributed by atoms with van der Waals surface area (Å²) in [6.45, 7) is 2.73. The first-order valence-electron chi connectivity index (χ1n) is 9.97. The Morgan fingerprint density at radius 1 is 1.12 bits per heavy atom. The predicted molar refractivity (Wildman–Crippen MR) is 122 cm³/mol. The van der Waals surface area contributed by atoms with Crippen LogP contribution in [0.4, 0.5) is 0 Å². The van der Waals surface area contributed by atoms with E-state index >= 15 is 0 Å². The van der Waals surface area contributed by atoms with E-state index in [0.717, 1.165) is 22.4 Å². The molecule has 0 spiro atoms. The Bertz CT molecular complexity index is 1270. The van der Waals surface area contributed by atoms with E-state index in [2.05, 4.69) is 0 Å². The van der Waals surface area contributed by atoms with Crippen molar-refractivity contribution in [2.75, 3.05) is 6.79 Å². The first kappa shape index (κ1) is 20.9. The lowest BCUT2D eigenvalue weighted by molar-refractivity contribution is -0.0175. The van der Waals surface area contributed by atoms with Crippen molar-refractivity contribution in [3.63, 3.8) is 0 Å². The van der Waals surface area contributed by atoms with Crippen LogP contribution >= 0.6 is 23.2 Å². The number of carbonyl (C=O) groups excluding carboxylic acids is 1.